The van der Waals surface area contributed by atoms with E-state index in [0.29, 0.717) is 26.1 Å². The van der Waals surface area contributed by atoms with E-state index in [4.69, 9.17) is 19.3 Å². The molecule has 3 N–H and O–H groups in total. The first kappa shape index (κ1) is 33.0. The average Bonchev–Trinajstić information content (AvgIpc) is 3.43. The van der Waals surface area contributed by atoms with Crippen LogP contribution in [0, 0.1) is 11.8 Å². The fourth-order valence-electron chi connectivity index (χ4n) is 5.06. The van der Waals surface area contributed by atoms with Crippen LogP contribution in [0.5, 0.6) is 5.75 Å². The smallest absolute Gasteiger partial charge is 0.303 e. The zero-order valence-electron chi connectivity index (χ0n) is 25.1. The van der Waals surface area contributed by atoms with Crippen molar-refractivity contribution in [1.29, 1.82) is 0 Å². The van der Waals surface area contributed by atoms with E-state index < -0.39 is 12.3 Å². The molecule has 0 bridgehead atoms. The third-order valence-electron chi connectivity index (χ3n) is 7.70. The molecule has 5 unspecified atom stereocenters. The molecule has 2 aromatic rings. The highest BCUT2D eigenvalue weighted by Crippen LogP contribution is 2.33. The minimum absolute atomic E-state index is 0.00497. The van der Waals surface area contributed by atoms with Crippen molar-refractivity contribution in [3.63, 3.8) is 0 Å². The first-order chi connectivity index (χ1) is 20.2. The second-order valence-corrected chi connectivity index (χ2v) is 10.9. The number of carbonyl (C=O) groups excluding carboxylic acids is 2. The largest absolute Gasteiger partial charge is 0.497 e. The Kier molecular flexibility index (Phi) is 13.2. The van der Waals surface area contributed by atoms with Crippen molar-refractivity contribution in [3.8, 4) is 17.0 Å². The maximum Gasteiger partial charge on any atom is 0.303 e. The van der Waals surface area contributed by atoms with Crippen LogP contribution >= 0.6 is 0 Å². The lowest BCUT2D eigenvalue weighted by Crippen LogP contribution is -2.58. The van der Waals surface area contributed by atoms with E-state index in [9.17, 15) is 14.4 Å². The Hall–Kier alpha value is -3.51. The van der Waals surface area contributed by atoms with Gasteiger partial charge < -0.3 is 30.0 Å². The third-order valence-corrected chi connectivity index (χ3v) is 7.70. The molecule has 2 heterocycles. The second kappa shape index (κ2) is 16.8. The molecule has 1 fully saturated rings. The number of methoxy groups -OCH3 is 1. The molecule has 0 saturated carbocycles. The highest BCUT2D eigenvalue weighted by molar-refractivity contribution is 5.76. The van der Waals surface area contributed by atoms with Gasteiger partial charge in [-0.05, 0) is 43.2 Å². The Morgan fingerprint density at radius 1 is 1.07 bits per heavy atom. The van der Waals surface area contributed by atoms with E-state index in [0.717, 1.165) is 42.7 Å². The zero-order valence-corrected chi connectivity index (χ0v) is 25.1. The fraction of sp³-hybridized carbons (Fsp3) is 0.633. The number of carboxylic acid groups (broad SMARTS) is 1. The SMILES string of the molecule is COc1cccc(-c2cn(CC3OC(OCCCCCCNC(=O)CCCC(=O)O)C(NC(C)=O)C(C)C3C)nn2)c1. The normalized spacial score (nSPS) is 22.0. The molecular formula is C30H45N5O7. The minimum Gasteiger partial charge on any atom is -0.497 e. The summed E-state index contributed by atoms with van der Waals surface area (Å²) in [6, 6.07) is 7.40. The minimum atomic E-state index is -0.888. The van der Waals surface area contributed by atoms with Gasteiger partial charge in [-0.15, -0.1) is 5.10 Å². The van der Waals surface area contributed by atoms with Gasteiger partial charge in [0.15, 0.2) is 6.29 Å². The molecule has 1 saturated heterocycles. The molecule has 12 heteroatoms. The van der Waals surface area contributed by atoms with Crippen LogP contribution in [0.1, 0.15) is 65.7 Å². The molecule has 1 aromatic heterocycles. The van der Waals surface area contributed by atoms with E-state index in [-0.39, 0.29) is 48.6 Å². The van der Waals surface area contributed by atoms with Gasteiger partial charge in [0.25, 0.3) is 0 Å². The Morgan fingerprint density at radius 2 is 1.86 bits per heavy atom. The monoisotopic (exact) mass is 587 g/mol. The molecule has 42 heavy (non-hydrogen) atoms. The maximum absolute atomic E-state index is 12.0. The van der Waals surface area contributed by atoms with E-state index in [1.54, 1.807) is 11.8 Å². The quantitative estimate of drug-likeness (QED) is 0.236. The lowest BCUT2D eigenvalue weighted by Gasteiger charge is -2.44. The van der Waals surface area contributed by atoms with Gasteiger partial charge in [-0.3, -0.25) is 14.4 Å². The van der Waals surface area contributed by atoms with Gasteiger partial charge in [0, 0.05) is 38.5 Å². The van der Waals surface area contributed by atoms with Crippen molar-refractivity contribution in [2.24, 2.45) is 11.8 Å². The van der Waals surface area contributed by atoms with E-state index in [2.05, 4.69) is 34.8 Å². The Labute approximate surface area is 247 Å². The first-order valence-corrected chi connectivity index (χ1v) is 14.7. The number of ether oxygens (including phenoxy) is 3. The number of aliphatic carboxylic acids is 1. The summed E-state index contributed by atoms with van der Waals surface area (Å²) in [5, 5.41) is 23.2. The van der Waals surface area contributed by atoms with Gasteiger partial charge in [-0.2, -0.15) is 0 Å². The summed E-state index contributed by atoms with van der Waals surface area (Å²) >= 11 is 0. The van der Waals surface area contributed by atoms with Crippen LogP contribution < -0.4 is 15.4 Å². The number of carboxylic acids is 1. The number of nitrogens with one attached hydrogen (secondary N) is 2. The summed E-state index contributed by atoms with van der Waals surface area (Å²) in [5.74, 6) is -0.136. The predicted octanol–water partition coefficient (Wildman–Crippen LogP) is 3.40. The number of carbonyl (C=O) groups is 3. The van der Waals surface area contributed by atoms with Crippen molar-refractivity contribution in [3.05, 3.63) is 30.5 Å². The molecule has 0 spiro atoms. The first-order valence-electron chi connectivity index (χ1n) is 14.7. The molecule has 0 aliphatic carbocycles. The zero-order chi connectivity index (χ0) is 30.5. The summed E-state index contributed by atoms with van der Waals surface area (Å²) in [4.78, 5) is 34.2. The maximum atomic E-state index is 12.0. The molecule has 1 aliphatic rings. The van der Waals surface area contributed by atoms with Crippen molar-refractivity contribution in [2.45, 2.75) is 90.7 Å². The van der Waals surface area contributed by atoms with Crippen LogP contribution in [0.2, 0.25) is 0 Å². The van der Waals surface area contributed by atoms with Crippen molar-refractivity contribution >= 4 is 17.8 Å². The summed E-state index contributed by atoms with van der Waals surface area (Å²) in [7, 11) is 1.63. The van der Waals surface area contributed by atoms with Gasteiger partial charge in [0.05, 0.1) is 32.0 Å². The van der Waals surface area contributed by atoms with Crippen LogP contribution in [0.15, 0.2) is 30.5 Å². The Morgan fingerprint density at radius 3 is 2.60 bits per heavy atom. The van der Waals surface area contributed by atoms with Gasteiger partial charge in [-0.25, -0.2) is 4.68 Å². The molecule has 3 rings (SSSR count). The number of rotatable bonds is 17. The van der Waals surface area contributed by atoms with Crippen LogP contribution in [0.25, 0.3) is 11.3 Å². The third kappa shape index (κ3) is 10.4. The number of amides is 2. The summed E-state index contributed by atoms with van der Waals surface area (Å²) in [5.41, 5.74) is 1.66. The molecule has 1 aromatic carbocycles. The Balaban J connectivity index is 1.47. The molecule has 0 radical (unpaired) electrons. The standard InChI is InChI=1S/C30H45N5O7/c1-20-21(2)29(32-22(3)36)30(41-16-8-6-5-7-15-31-27(37)13-10-14-28(38)39)42-26(20)19-35-18-25(33-34-35)23-11-9-12-24(17-23)40-4/h9,11-12,17-18,20-21,26,29-30H,5-8,10,13-16,19H2,1-4H3,(H,31,37)(H,32,36)(H,38,39). The van der Waals surface area contributed by atoms with Crippen LogP contribution in [-0.4, -0.2) is 76.6 Å². The predicted molar refractivity (Wildman–Crippen MR) is 156 cm³/mol. The number of benzene rings is 1. The molecule has 5 atom stereocenters. The van der Waals surface area contributed by atoms with Crippen LogP contribution in [-0.2, 0) is 30.4 Å². The number of hydrogen-bond acceptors (Lipinski definition) is 8. The summed E-state index contributed by atoms with van der Waals surface area (Å²) < 4.78 is 19.7. The highest BCUT2D eigenvalue weighted by Gasteiger charge is 2.42. The molecule has 12 nitrogen and oxygen atoms in total. The van der Waals surface area contributed by atoms with Crippen molar-refractivity contribution in [2.75, 3.05) is 20.3 Å². The van der Waals surface area contributed by atoms with Gasteiger partial charge in [0.2, 0.25) is 11.8 Å². The second-order valence-electron chi connectivity index (χ2n) is 10.9. The summed E-state index contributed by atoms with van der Waals surface area (Å²) in [6.45, 7) is 7.28. The molecule has 2 amide bonds. The Bertz CT molecular complexity index is 1160. The van der Waals surface area contributed by atoms with Gasteiger partial charge >= 0.3 is 5.97 Å². The lowest BCUT2D eigenvalue weighted by atomic mass is 9.82. The van der Waals surface area contributed by atoms with Gasteiger partial charge in [0.1, 0.15) is 11.4 Å². The highest BCUT2D eigenvalue weighted by atomic mass is 16.7. The molecule has 232 valence electrons. The number of aromatic nitrogens is 3. The van der Waals surface area contributed by atoms with E-state index >= 15 is 0 Å². The number of unbranched alkanes of at least 4 members (excludes halogenated alkanes) is 3. The molecular weight excluding hydrogens is 542 g/mol. The van der Waals surface area contributed by atoms with Crippen molar-refractivity contribution < 1.29 is 33.7 Å². The topological polar surface area (TPSA) is 154 Å². The van der Waals surface area contributed by atoms with Crippen LogP contribution in [0.3, 0.4) is 0 Å². The lowest BCUT2D eigenvalue weighted by molar-refractivity contribution is -0.239. The van der Waals surface area contributed by atoms with E-state index in [1.807, 2.05) is 30.5 Å². The summed E-state index contributed by atoms with van der Waals surface area (Å²) in [6.07, 6.45) is 5.22. The molecule has 1 aliphatic heterocycles. The van der Waals surface area contributed by atoms with Crippen LogP contribution in [0.4, 0.5) is 0 Å². The van der Waals surface area contributed by atoms with Gasteiger partial charge in [-0.1, -0.05) is 44.0 Å². The number of nitrogens with zero attached hydrogens (tertiary/aromatic N) is 3. The fourth-order valence-corrected chi connectivity index (χ4v) is 5.06. The average molecular weight is 588 g/mol. The number of hydrogen-bond donors (Lipinski definition) is 3. The van der Waals surface area contributed by atoms with Crippen molar-refractivity contribution in [1.82, 2.24) is 25.6 Å². The van der Waals surface area contributed by atoms with E-state index in [1.165, 1.54) is 6.92 Å².